The fourth-order valence-corrected chi connectivity index (χ4v) is 2.33. The summed E-state index contributed by atoms with van der Waals surface area (Å²) in [4.78, 5) is 12.1. The maximum Gasteiger partial charge on any atom is 0.253 e. The second-order valence-electron chi connectivity index (χ2n) is 5.12. The third-order valence-electron chi connectivity index (χ3n) is 3.46. The van der Waals surface area contributed by atoms with Gasteiger partial charge in [-0.2, -0.15) is 0 Å². The van der Waals surface area contributed by atoms with Gasteiger partial charge in [0.25, 0.3) is 5.91 Å². The monoisotopic (exact) mass is 248 g/mol. The van der Waals surface area contributed by atoms with E-state index in [1.165, 1.54) is 0 Å². The van der Waals surface area contributed by atoms with E-state index < -0.39 is 0 Å². The van der Waals surface area contributed by atoms with Crippen molar-refractivity contribution >= 4 is 11.6 Å². The van der Waals surface area contributed by atoms with Gasteiger partial charge in [0.05, 0.1) is 11.2 Å². The summed E-state index contributed by atoms with van der Waals surface area (Å²) in [5.74, 6) is -0.123. The predicted octanol–water partition coefficient (Wildman–Crippen LogP) is 1.88. The first kappa shape index (κ1) is 12.9. The van der Waals surface area contributed by atoms with E-state index in [1.54, 1.807) is 6.07 Å². The number of rotatable bonds is 3. The lowest BCUT2D eigenvalue weighted by atomic mass is 10.0. The summed E-state index contributed by atoms with van der Waals surface area (Å²) in [6.45, 7) is 5.22. The van der Waals surface area contributed by atoms with Gasteiger partial charge in [-0.05, 0) is 38.3 Å². The second-order valence-corrected chi connectivity index (χ2v) is 5.12. The Morgan fingerprint density at radius 2 is 2.33 bits per heavy atom. The van der Waals surface area contributed by atoms with Crippen molar-refractivity contribution in [2.24, 2.45) is 0 Å². The SMILES string of the molecule is Cc1cccc(N)c1C(=O)NCC1(C)CCCO1. The van der Waals surface area contributed by atoms with Gasteiger partial charge in [0.15, 0.2) is 0 Å². The smallest absolute Gasteiger partial charge is 0.253 e. The molecule has 4 nitrogen and oxygen atoms in total. The molecule has 1 atom stereocenters. The number of nitrogens with one attached hydrogen (secondary N) is 1. The van der Waals surface area contributed by atoms with Crippen LogP contribution in [-0.4, -0.2) is 24.7 Å². The lowest BCUT2D eigenvalue weighted by Gasteiger charge is -2.23. The van der Waals surface area contributed by atoms with Gasteiger partial charge in [-0.15, -0.1) is 0 Å². The molecule has 1 aliphatic rings. The number of carbonyl (C=O) groups is 1. The number of ether oxygens (including phenoxy) is 1. The maximum absolute atomic E-state index is 12.1. The largest absolute Gasteiger partial charge is 0.398 e. The molecule has 0 saturated carbocycles. The standard InChI is InChI=1S/C14H20N2O2/c1-10-5-3-6-11(15)12(10)13(17)16-9-14(2)7-4-8-18-14/h3,5-6H,4,7-9,15H2,1-2H3,(H,16,17). The number of hydrogen-bond donors (Lipinski definition) is 2. The molecule has 1 amide bonds. The van der Waals surface area contributed by atoms with Crippen LogP contribution in [-0.2, 0) is 4.74 Å². The molecule has 0 bridgehead atoms. The summed E-state index contributed by atoms with van der Waals surface area (Å²) < 4.78 is 5.64. The number of nitrogen functional groups attached to an aromatic ring is 1. The fraction of sp³-hybridized carbons (Fsp3) is 0.500. The molecule has 1 aromatic rings. The molecule has 1 saturated heterocycles. The average molecular weight is 248 g/mol. The van der Waals surface area contributed by atoms with Gasteiger partial charge in [-0.25, -0.2) is 0 Å². The van der Waals surface area contributed by atoms with Crippen LogP contribution >= 0.6 is 0 Å². The molecule has 0 aromatic heterocycles. The third-order valence-corrected chi connectivity index (χ3v) is 3.46. The van der Waals surface area contributed by atoms with Crippen LogP contribution in [0, 0.1) is 6.92 Å². The van der Waals surface area contributed by atoms with Crippen LogP contribution in [0.2, 0.25) is 0 Å². The molecule has 0 aliphatic carbocycles. The first-order valence-corrected chi connectivity index (χ1v) is 6.29. The normalized spacial score (nSPS) is 23.0. The molecule has 18 heavy (non-hydrogen) atoms. The lowest BCUT2D eigenvalue weighted by Crippen LogP contribution is -2.40. The van der Waals surface area contributed by atoms with Gasteiger partial charge in [0, 0.05) is 18.8 Å². The Kier molecular flexibility index (Phi) is 3.57. The van der Waals surface area contributed by atoms with Crippen molar-refractivity contribution in [1.82, 2.24) is 5.32 Å². The topological polar surface area (TPSA) is 64.4 Å². The predicted molar refractivity (Wildman–Crippen MR) is 71.5 cm³/mol. The zero-order valence-corrected chi connectivity index (χ0v) is 11.0. The van der Waals surface area contributed by atoms with Crippen LogP contribution in [0.4, 0.5) is 5.69 Å². The molecule has 2 rings (SSSR count). The lowest BCUT2D eigenvalue weighted by molar-refractivity contribution is 0.0206. The molecule has 0 radical (unpaired) electrons. The van der Waals surface area contributed by atoms with Crippen molar-refractivity contribution in [1.29, 1.82) is 0 Å². The Labute approximate surface area is 108 Å². The van der Waals surface area contributed by atoms with Gasteiger partial charge in [-0.1, -0.05) is 12.1 Å². The highest BCUT2D eigenvalue weighted by atomic mass is 16.5. The van der Waals surface area contributed by atoms with Gasteiger partial charge < -0.3 is 15.8 Å². The number of anilines is 1. The van der Waals surface area contributed by atoms with Crippen LogP contribution < -0.4 is 11.1 Å². The second kappa shape index (κ2) is 4.98. The van der Waals surface area contributed by atoms with E-state index in [2.05, 4.69) is 5.32 Å². The molecule has 3 N–H and O–H groups in total. The minimum atomic E-state index is -0.229. The van der Waals surface area contributed by atoms with Crippen molar-refractivity contribution in [3.05, 3.63) is 29.3 Å². The van der Waals surface area contributed by atoms with Crippen LogP contribution in [0.3, 0.4) is 0 Å². The summed E-state index contributed by atoms with van der Waals surface area (Å²) in [5, 5.41) is 2.92. The molecule has 1 aromatic carbocycles. The molecule has 98 valence electrons. The van der Waals surface area contributed by atoms with E-state index in [9.17, 15) is 4.79 Å². The zero-order valence-electron chi connectivity index (χ0n) is 11.0. The molecule has 4 heteroatoms. The van der Waals surface area contributed by atoms with Gasteiger partial charge in [-0.3, -0.25) is 4.79 Å². The van der Waals surface area contributed by atoms with Crippen molar-refractivity contribution in [3.8, 4) is 0 Å². The molecule has 0 spiro atoms. The number of carbonyl (C=O) groups excluding carboxylic acids is 1. The number of benzene rings is 1. The number of nitrogens with two attached hydrogens (primary N) is 1. The minimum Gasteiger partial charge on any atom is -0.398 e. The van der Waals surface area contributed by atoms with Gasteiger partial charge in [0.1, 0.15) is 0 Å². The van der Waals surface area contributed by atoms with E-state index in [1.807, 2.05) is 26.0 Å². The number of aryl methyl sites for hydroxylation is 1. The van der Waals surface area contributed by atoms with Crippen LogP contribution in [0.15, 0.2) is 18.2 Å². The van der Waals surface area contributed by atoms with E-state index in [4.69, 9.17) is 10.5 Å². The Morgan fingerprint density at radius 3 is 2.94 bits per heavy atom. The highest BCUT2D eigenvalue weighted by Gasteiger charge is 2.30. The Hall–Kier alpha value is -1.55. The molecule has 1 unspecified atom stereocenters. The fourth-order valence-electron chi connectivity index (χ4n) is 2.33. The Morgan fingerprint density at radius 1 is 1.56 bits per heavy atom. The zero-order chi connectivity index (χ0) is 13.2. The average Bonchev–Trinajstić information content (AvgIpc) is 2.74. The highest BCUT2D eigenvalue weighted by Crippen LogP contribution is 2.24. The third kappa shape index (κ3) is 2.64. The quantitative estimate of drug-likeness (QED) is 0.803. The first-order valence-electron chi connectivity index (χ1n) is 6.29. The Balaban J connectivity index is 2.04. The summed E-state index contributed by atoms with van der Waals surface area (Å²) in [5.41, 5.74) is 7.60. The Bertz CT molecular complexity index is 431. The summed E-state index contributed by atoms with van der Waals surface area (Å²) in [6, 6.07) is 5.48. The molecule has 1 fully saturated rings. The van der Waals surface area contributed by atoms with E-state index in [-0.39, 0.29) is 11.5 Å². The summed E-state index contributed by atoms with van der Waals surface area (Å²) >= 11 is 0. The number of hydrogen-bond acceptors (Lipinski definition) is 3. The molecule has 1 heterocycles. The molecular formula is C14H20N2O2. The van der Waals surface area contributed by atoms with E-state index >= 15 is 0 Å². The number of amides is 1. The maximum atomic E-state index is 12.1. The van der Waals surface area contributed by atoms with Crippen molar-refractivity contribution in [2.75, 3.05) is 18.9 Å². The van der Waals surface area contributed by atoms with Crippen molar-refractivity contribution < 1.29 is 9.53 Å². The summed E-state index contributed by atoms with van der Waals surface area (Å²) in [6.07, 6.45) is 2.04. The minimum absolute atomic E-state index is 0.123. The van der Waals surface area contributed by atoms with Crippen LogP contribution in [0.1, 0.15) is 35.7 Å². The molecular weight excluding hydrogens is 228 g/mol. The molecule has 1 aliphatic heterocycles. The van der Waals surface area contributed by atoms with Crippen molar-refractivity contribution in [3.63, 3.8) is 0 Å². The van der Waals surface area contributed by atoms with Gasteiger partial charge in [0.2, 0.25) is 0 Å². The van der Waals surface area contributed by atoms with Crippen LogP contribution in [0.25, 0.3) is 0 Å². The highest BCUT2D eigenvalue weighted by molar-refractivity contribution is 6.00. The van der Waals surface area contributed by atoms with E-state index in [0.717, 1.165) is 25.0 Å². The van der Waals surface area contributed by atoms with Crippen molar-refractivity contribution in [2.45, 2.75) is 32.3 Å². The van der Waals surface area contributed by atoms with Crippen LogP contribution in [0.5, 0.6) is 0 Å². The van der Waals surface area contributed by atoms with Gasteiger partial charge >= 0.3 is 0 Å². The van der Waals surface area contributed by atoms with E-state index in [0.29, 0.717) is 17.8 Å². The summed E-state index contributed by atoms with van der Waals surface area (Å²) in [7, 11) is 0. The first-order chi connectivity index (χ1) is 8.52.